The maximum Gasteiger partial charge on any atom is 0.417 e. The van der Waals surface area contributed by atoms with E-state index in [9.17, 15) is 18.0 Å². The van der Waals surface area contributed by atoms with Gasteiger partial charge in [-0.25, -0.2) is 9.97 Å². The molecule has 1 saturated heterocycles. The van der Waals surface area contributed by atoms with E-state index in [2.05, 4.69) is 20.2 Å². The minimum atomic E-state index is -4.56. The lowest BCUT2D eigenvalue weighted by Gasteiger charge is -2.39. The summed E-state index contributed by atoms with van der Waals surface area (Å²) in [5.74, 6) is -0.427. The fourth-order valence-electron chi connectivity index (χ4n) is 3.71. The van der Waals surface area contributed by atoms with Gasteiger partial charge in [0, 0.05) is 18.4 Å². The number of carbonyl (C=O) groups excluding carboxylic acids is 1. The molecule has 2 atom stereocenters. The Morgan fingerprint density at radius 2 is 1.97 bits per heavy atom. The number of carbonyl (C=O) groups is 1. The number of hydrogen-bond donors (Lipinski definition) is 0. The molecule has 0 aromatic carbocycles. The monoisotopic (exact) mass is 480 g/mol. The molecule has 2 unspecified atom stereocenters. The Hall–Kier alpha value is -3.21. The normalized spacial score (nSPS) is 18.9. The van der Waals surface area contributed by atoms with Gasteiger partial charge in [0.2, 0.25) is 5.88 Å². The van der Waals surface area contributed by atoms with Crippen LogP contribution in [0.3, 0.4) is 0 Å². The number of pyridine rings is 2. The fourth-order valence-corrected chi connectivity index (χ4v) is 3.92. The molecule has 4 rings (SSSR count). The Bertz CT molecular complexity index is 1160. The Labute approximate surface area is 192 Å². The van der Waals surface area contributed by atoms with E-state index in [-0.39, 0.29) is 22.5 Å². The zero-order chi connectivity index (χ0) is 23.8. The number of aromatic nitrogens is 5. The van der Waals surface area contributed by atoms with Gasteiger partial charge in [-0.1, -0.05) is 11.6 Å². The van der Waals surface area contributed by atoms with Crippen molar-refractivity contribution >= 4 is 17.5 Å². The maximum absolute atomic E-state index is 13.5. The lowest BCUT2D eigenvalue weighted by molar-refractivity contribution is -0.137. The van der Waals surface area contributed by atoms with Crippen molar-refractivity contribution in [3.05, 3.63) is 58.8 Å². The van der Waals surface area contributed by atoms with Crippen LogP contribution in [-0.4, -0.2) is 54.5 Å². The first-order chi connectivity index (χ1) is 15.6. The fraction of sp³-hybridized carbons (Fsp3) is 0.381. The minimum absolute atomic E-state index is 0.106. The minimum Gasteiger partial charge on any atom is -0.471 e. The van der Waals surface area contributed by atoms with E-state index < -0.39 is 23.9 Å². The number of nitrogens with zero attached hydrogens (tertiary/aromatic N) is 6. The molecular formula is C21H20ClF3N6O2. The Morgan fingerprint density at radius 1 is 1.24 bits per heavy atom. The highest BCUT2D eigenvalue weighted by Crippen LogP contribution is 2.34. The molecule has 1 aliphatic rings. The molecule has 8 nitrogen and oxygen atoms in total. The summed E-state index contributed by atoms with van der Waals surface area (Å²) in [5.41, 5.74) is 0.341. The van der Waals surface area contributed by atoms with Gasteiger partial charge in [-0.3, -0.25) is 4.79 Å². The summed E-state index contributed by atoms with van der Waals surface area (Å²) in [6, 6.07) is 3.86. The van der Waals surface area contributed by atoms with Crippen LogP contribution in [0.2, 0.25) is 5.02 Å². The van der Waals surface area contributed by atoms with Crippen molar-refractivity contribution in [1.29, 1.82) is 0 Å². The summed E-state index contributed by atoms with van der Waals surface area (Å²) < 4.78 is 44.5. The first-order valence-corrected chi connectivity index (χ1v) is 10.6. The zero-order valence-electron chi connectivity index (χ0n) is 17.8. The van der Waals surface area contributed by atoms with Crippen molar-refractivity contribution in [3.8, 4) is 11.6 Å². The molecule has 3 aromatic rings. The van der Waals surface area contributed by atoms with Crippen molar-refractivity contribution < 1.29 is 22.7 Å². The number of likely N-dealkylation sites (tertiary alicyclic amines) is 1. The SMILES string of the molecule is Cc1ccc(-n2nccn2)c(C(=O)N2CCCC(Oc3ncc(C(F)(F)F)cc3Cl)C2C)n1. The van der Waals surface area contributed by atoms with Crippen molar-refractivity contribution in [3.63, 3.8) is 0 Å². The quantitative estimate of drug-likeness (QED) is 0.558. The molecule has 174 valence electrons. The van der Waals surface area contributed by atoms with Gasteiger partial charge in [0.1, 0.15) is 16.8 Å². The van der Waals surface area contributed by atoms with Gasteiger partial charge >= 0.3 is 6.18 Å². The third kappa shape index (κ3) is 4.77. The van der Waals surface area contributed by atoms with Gasteiger partial charge in [0.05, 0.1) is 24.0 Å². The van der Waals surface area contributed by atoms with Gasteiger partial charge in [0.25, 0.3) is 5.91 Å². The third-order valence-corrected chi connectivity index (χ3v) is 5.70. The number of halogens is 4. The molecular weight excluding hydrogens is 461 g/mol. The van der Waals surface area contributed by atoms with E-state index in [4.69, 9.17) is 16.3 Å². The smallest absolute Gasteiger partial charge is 0.417 e. The molecule has 4 heterocycles. The van der Waals surface area contributed by atoms with E-state index in [0.29, 0.717) is 37.0 Å². The Morgan fingerprint density at radius 3 is 2.64 bits per heavy atom. The molecule has 1 fully saturated rings. The number of rotatable bonds is 4. The average Bonchev–Trinajstić information content (AvgIpc) is 3.30. The molecule has 3 aromatic heterocycles. The summed E-state index contributed by atoms with van der Waals surface area (Å²) in [6.07, 6.45) is -0.180. The molecule has 0 saturated carbocycles. The maximum atomic E-state index is 13.5. The lowest BCUT2D eigenvalue weighted by atomic mass is 9.99. The molecule has 0 radical (unpaired) electrons. The van der Waals surface area contributed by atoms with Crippen LogP contribution in [0.5, 0.6) is 5.88 Å². The average molecular weight is 481 g/mol. The first kappa shape index (κ1) is 23.0. The van der Waals surface area contributed by atoms with Crippen LogP contribution in [0.25, 0.3) is 5.69 Å². The largest absolute Gasteiger partial charge is 0.471 e. The summed E-state index contributed by atoms with van der Waals surface area (Å²) in [7, 11) is 0. The summed E-state index contributed by atoms with van der Waals surface area (Å²) in [4.78, 5) is 24.6. The highest BCUT2D eigenvalue weighted by Gasteiger charge is 2.36. The van der Waals surface area contributed by atoms with E-state index in [1.807, 2.05) is 0 Å². The van der Waals surface area contributed by atoms with Crippen LogP contribution in [0, 0.1) is 6.92 Å². The number of ether oxygens (including phenoxy) is 1. The second kappa shape index (κ2) is 8.97. The molecule has 0 aliphatic carbocycles. The van der Waals surface area contributed by atoms with E-state index in [1.54, 1.807) is 30.9 Å². The molecule has 0 spiro atoms. The highest BCUT2D eigenvalue weighted by atomic mass is 35.5. The molecule has 1 aliphatic heterocycles. The highest BCUT2D eigenvalue weighted by molar-refractivity contribution is 6.31. The number of aryl methyl sites for hydroxylation is 1. The Kier molecular flexibility index (Phi) is 6.24. The van der Waals surface area contributed by atoms with E-state index in [0.717, 1.165) is 6.07 Å². The van der Waals surface area contributed by atoms with E-state index >= 15 is 0 Å². The van der Waals surface area contributed by atoms with Gasteiger partial charge in [0.15, 0.2) is 5.69 Å². The van der Waals surface area contributed by atoms with Crippen LogP contribution in [0.4, 0.5) is 13.2 Å². The van der Waals surface area contributed by atoms with Crippen LogP contribution in [-0.2, 0) is 6.18 Å². The summed E-state index contributed by atoms with van der Waals surface area (Å²) >= 11 is 6.00. The third-order valence-electron chi connectivity index (χ3n) is 5.43. The van der Waals surface area contributed by atoms with Crippen LogP contribution in [0.15, 0.2) is 36.8 Å². The molecule has 12 heteroatoms. The van der Waals surface area contributed by atoms with Gasteiger partial charge in [-0.2, -0.15) is 23.4 Å². The second-order valence-corrected chi connectivity index (χ2v) is 8.09. The number of piperidine rings is 1. The van der Waals surface area contributed by atoms with Crippen molar-refractivity contribution in [2.75, 3.05) is 6.54 Å². The lowest BCUT2D eigenvalue weighted by Crippen LogP contribution is -2.51. The van der Waals surface area contributed by atoms with Crippen LogP contribution < -0.4 is 4.74 Å². The number of amides is 1. The van der Waals surface area contributed by atoms with Gasteiger partial charge in [-0.15, -0.1) is 4.80 Å². The predicted octanol–water partition coefficient (Wildman–Crippen LogP) is 4.11. The molecule has 0 N–H and O–H groups in total. The number of alkyl halides is 3. The number of hydrogen-bond acceptors (Lipinski definition) is 6. The second-order valence-electron chi connectivity index (χ2n) is 7.69. The predicted molar refractivity (Wildman–Crippen MR) is 112 cm³/mol. The topological polar surface area (TPSA) is 86.0 Å². The van der Waals surface area contributed by atoms with E-state index in [1.165, 1.54) is 17.2 Å². The molecule has 1 amide bonds. The summed E-state index contributed by atoms with van der Waals surface area (Å²) in [5, 5.41) is 7.95. The standard InChI is InChI=1S/C21H20ClF3N6O2/c1-12-5-6-16(31-27-7-8-28-31)18(29-12)20(32)30-9-3-4-17(13(30)2)33-19-15(22)10-14(11-26-19)21(23,24)25/h5-8,10-11,13,17H,3-4,9H2,1-2H3. The van der Waals surface area contributed by atoms with Crippen molar-refractivity contribution in [2.24, 2.45) is 0 Å². The van der Waals surface area contributed by atoms with Gasteiger partial charge < -0.3 is 9.64 Å². The van der Waals surface area contributed by atoms with Crippen LogP contribution in [0.1, 0.15) is 41.5 Å². The molecule has 0 bridgehead atoms. The first-order valence-electron chi connectivity index (χ1n) is 10.2. The van der Waals surface area contributed by atoms with Crippen molar-refractivity contribution in [1.82, 2.24) is 29.9 Å². The van der Waals surface area contributed by atoms with Crippen molar-refractivity contribution in [2.45, 2.75) is 45.0 Å². The van der Waals surface area contributed by atoms with Gasteiger partial charge in [-0.05, 0) is 44.9 Å². The summed E-state index contributed by atoms with van der Waals surface area (Å²) in [6.45, 7) is 4.05. The van der Waals surface area contributed by atoms with Crippen LogP contribution >= 0.6 is 11.6 Å². The molecule has 33 heavy (non-hydrogen) atoms. The zero-order valence-corrected chi connectivity index (χ0v) is 18.5. The Balaban J connectivity index is 1.57.